The number of aromatic nitrogens is 2. The highest BCUT2D eigenvalue weighted by atomic mass is 16.5. The molecular formula is C14H22N2O2. The predicted molar refractivity (Wildman–Crippen MR) is 68.6 cm³/mol. The third kappa shape index (κ3) is 2.19. The molecule has 1 atom stereocenters. The van der Waals surface area contributed by atoms with Crippen molar-refractivity contribution in [1.82, 2.24) is 9.55 Å². The Hall–Kier alpha value is -0.870. The minimum atomic E-state index is 0.0659. The van der Waals surface area contributed by atoms with Crippen molar-refractivity contribution >= 4 is 0 Å². The monoisotopic (exact) mass is 250 g/mol. The van der Waals surface area contributed by atoms with Crippen LogP contribution >= 0.6 is 0 Å². The van der Waals surface area contributed by atoms with E-state index in [2.05, 4.69) is 22.7 Å². The molecule has 2 fully saturated rings. The summed E-state index contributed by atoms with van der Waals surface area (Å²) in [5, 5.41) is 0. The van der Waals surface area contributed by atoms with Gasteiger partial charge in [0.2, 0.25) is 0 Å². The molecule has 1 unspecified atom stereocenters. The summed E-state index contributed by atoms with van der Waals surface area (Å²) in [5.74, 6) is 1.20. The van der Waals surface area contributed by atoms with E-state index in [-0.39, 0.29) is 5.60 Å². The van der Waals surface area contributed by atoms with E-state index in [0.29, 0.717) is 6.04 Å². The Morgan fingerprint density at radius 1 is 1.39 bits per heavy atom. The summed E-state index contributed by atoms with van der Waals surface area (Å²) in [6.07, 6.45) is 9.35. The zero-order chi connectivity index (χ0) is 12.4. The lowest BCUT2D eigenvalue weighted by Crippen LogP contribution is -2.44. The number of rotatable bonds is 2. The Labute approximate surface area is 108 Å². The smallest absolute Gasteiger partial charge is 0.108 e. The molecule has 1 aromatic rings. The molecule has 100 valence electrons. The zero-order valence-electron chi connectivity index (χ0n) is 11.1. The second kappa shape index (κ2) is 5.02. The maximum absolute atomic E-state index is 6.09. The van der Waals surface area contributed by atoms with Crippen molar-refractivity contribution in [2.75, 3.05) is 19.8 Å². The Morgan fingerprint density at radius 2 is 2.22 bits per heavy atom. The van der Waals surface area contributed by atoms with Crippen LogP contribution in [0.1, 0.15) is 44.5 Å². The van der Waals surface area contributed by atoms with Gasteiger partial charge in [-0.05, 0) is 25.7 Å². The lowest BCUT2D eigenvalue weighted by Gasteiger charge is -2.43. The Morgan fingerprint density at radius 3 is 3.00 bits per heavy atom. The minimum Gasteiger partial charge on any atom is -0.381 e. The summed E-state index contributed by atoms with van der Waals surface area (Å²) >= 11 is 0. The molecule has 0 amide bonds. The summed E-state index contributed by atoms with van der Waals surface area (Å²) in [4.78, 5) is 4.44. The van der Waals surface area contributed by atoms with Crippen LogP contribution in [0.15, 0.2) is 12.4 Å². The molecule has 0 bridgehead atoms. The van der Waals surface area contributed by atoms with Gasteiger partial charge in [-0.25, -0.2) is 4.98 Å². The van der Waals surface area contributed by atoms with E-state index in [9.17, 15) is 0 Å². The SMILES string of the molecule is CCc1nccn1C1CCOC2(CCOCC2)C1. The van der Waals surface area contributed by atoms with Gasteiger partial charge in [0, 0.05) is 44.7 Å². The van der Waals surface area contributed by atoms with Crippen LogP contribution in [0.3, 0.4) is 0 Å². The largest absolute Gasteiger partial charge is 0.381 e. The van der Waals surface area contributed by atoms with Crippen LogP contribution in [0.25, 0.3) is 0 Å². The Kier molecular flexibility index (Phi) is 3.39. The lowest BCUT2D eigenvalue weighted by atomic mass is 9.84. The number of hydrogen-bond acceptors (Lipinski definition) is 3. The van der Waals surface area contributed by atoms with Crippen molar-refractivity contribution in [2.45, 2.75) is 50.7 Å². The molecule has 3 heterocycles. The number of aryl methyl sites for hydroxylation is 1. The molecule has 1 spiro atoms. The topological polar surface area (TPSA) is 36.3 Å². The van der Waals surface area contributed by atoms with Crippen LogP contribution in [0.5, 0.6) is 0 Å². The first-order valence-electron chi connectivity index (χ1n) is 7.06. The summed E-state index contributed by atoms with van der Waals surface area (Å²) in [5.41, 5.74) is 0.0659. The van der Waals surface area contributed by atoms with Gasteiger partial charge >= 0.3 is 0 Å². The molecule has 2 aliphatic rings. The molecular weight excluding hydrogens is 228 g/mol. The van der Waals surface area contributed by atoms with Gasteiger partial charge < -0.3 is 14.0 Å². The third-order valence-electron chi connectivity index (χ3n) is 4.33. The fourth-order valence-electron chi connectivity index (χ4n) is 3.28. The van der Waals surface area contributed by atoms with Crippen LogP contribution in [0.2, 0.25) is 0 Å². The van der Waals surface area contributed by atoms with Gasteiger partial charge in [0.1, 0.15) is 5.82 Å². The fourth-order valence-corrected chi connectivity index (χ4v) is 3.28. The van der Waals surface area contributed by atoms with E-state index in [4.69, 9.17) is 9.47 Å². The molecule has 0 saturated carbocycles. The molecule has 1 aromatic heterocycles. The van der Waals surface area contributed by atoms with E-state index in [1.54, 1.807) is 0 Å². The average Bonchev–Trinajstić information content (AvgIpc) is 2.88. The molecule has 3 rings (SSSR count). The van der Waals surface area contributed by atoms with Crippen LogP contribution in [-0.4, -0.2) is 35.0 Å². The molecule has 2 saturated heterocycles. The van der Waals surface area contributed by atoms with Gasteiger partial charge in [-0.3, -0.25) is 0 Å². The van der Waals surface area contributed by atoms with Gasteiger partial charge in [0.15, 0.2) is 0 Å². The van der Waals surface area contributed by atoms with Crippen molar-refractivity contribution in [3.05, 3.63) is 18.2 Å². The predicted octanol–water partition coefficient (Wildman–Crippen LogP) is 2.35. The maximum atomic E-state index is 6.09. The van der Waals surface area contributed by atoms with Crippen molar-refractivity contribution < 1.29 is 9.47 Å². The quantitative estimate of drug-likeness (QED) is 0.808. The van der Waals surface area contributed by atoms with Gasteiger partial charge in [0.25, 0.3) is 0 Å². The first-order valence-corrected chi connectivity index (χ1v) is 7.06. The van der Waals surface area contributed by atoms with E-state index < -0.39 is 0 Å². The van der Waals surface area contributed by atoms with Crippen molar-refractivity contribution in [3.8, 4) is 0 Å². The van der Waals surface area contributed by atoms with Crippen molar-refractivity contribution in [1.29, 1.82) is 0 Å². The summed E-state index contributed by atoms with van der Waals surface area (Å²) in [6, 6.07) is 0.550. The highest BCUT2D eigenvalue weighted by molar-refractivity contribution is 4.99. The summed E-state index contributed by atoms with van der Waals surface area (Å²) < 4.78 is 13.9. The Bertz CT molecular complexity index is 391. The number of nitrogens with zero attached hydrogens (tertiary/aromatic N) is 2. The standard InChI is InChI=1S/C14H22N2O2/c1-2-13-15-6-7-16(13)12-3-8-18-14(11-12)4-9-17-10-5-14/h6-7,12H,2-5,8-11H2,1H3. The average molecular weight is 250 g/mol. The van der Waals surface area contributed by atoms with Gasteiger partial charge in [0.05, 0.1) is 5.60 Å². The second-order valence-electron chi connectivity index (χ2n) is 5.39. The summed E-state index contributed by atoms with van der Waals surface area (Å²) in [7, 11) is 0. The van der Waals surface area contributed by atoms with E-state index in [1.807, 2.05) is 6.20 Å². The van der Waals surface area contributed by atoms with E-state index >= 15 is 0 Å². The van der Waals surface area contributed by atoms with E-state index in [1.165, 1.54) is 5.82 Å². The molecule has 0 aromatic carbocycles. The van der Waals surface area contributed by atoms with Crippen molar-refractivity contribution in [2.24, 2.45) is 0 Å². The Balaban J connectivity index is 1.77. The maximum Gasteiger partial charge on any atom is 0.108 e. The van der Waals surface area contributed by atoms with Gasteiger partial charge in [-0.1, -0.05) is 6.92 Å². The molecule has 18 heavy (non-hydrogen) atoms. The molecule has 2 aliphatic heterocycles. The van der Waals surface area contributed by atoms with E-state index in [0.717, 1.165) is 51.9 Å². The van der Waals surface area contributed by atoms with Crippen LogP contribution < -0.4 is 0 Å². The van der Waals surface area contributed by atoms with Crippen LogP contribution in [0.4, 0.5) is 0 Å². The zero-order valence-corrected chi connectivity index (χ0v) is 11.1. The van der Waals surface area contributed by atoms with Crippen molar-refractivity contribution in [3.63, 3.8) is 0 Å². The first-order chi connectivity index (χ1) is 8.83. The molecule has 0 radical (unpaired) electrons. The molecule has 0 aliphatic carbocycles. The highest BCUT2D eigenvalue weighted by Crippen LogP contribution is 2.39. The first kappa shape index (κ1) is 12.2. The van der Waals surface area contributed by atoms with Gasteiger partial charge in [-0.15, -0.1) is 0 Å². The lowest BCUT2D eigenvalue weighted by molar-refractivity contribution is -0.144. The summed E-state index contributed by atoms with van der Waals surface area (Å²) in [6.45, 7) is 4.73. The normalized spacial score (nSPS) is 27.5. The minimum absolute atomic E-state index is 0.0659. The number of ether oxygens (including phenoxy) is 2. The fraction of sp³-hybridized carbons (Fsp3) is 0.786. The molecule has 4 nitrogen and oxygen atoms in total. The molecule has 0 N–H and O–H groups in total. The number of imidazole rings is 1. The van der Waals surface area contributed by atoms with Crippen LogP contribution in [0, 0.1) is 0 Å². The molecule has 4 heteroatoms. The number of hydrogen-bond donors (Lipinski definition) is 0. The second-order valence-corrected chi connectivity index (χ2v) is 5.39. The third-order valence-corrected chi connectivity index (χ3v) is 4.33. The van der Waals surface area contributed by atoms with Crippen LogP contribution in [-0.2, 0) is 15.9 Å². The van der Waals surface area contributed by atoms with Gasteiger partial charge in [-0.2, -0.15) is 0 Å². The highest BCUT2D eigenvalue weighted by Gasteiger charge is 2.39.